The summed E-state index contributed by atoms with van der Waals surface area (Å²) in [5, 5.41) is 10.4. The molecule has 188 valence electrons. The van der Waals surface area contributed by atoms with Crippen LogP contribution in [-0.2, 0) is 39.4 Å². The van der Waals surface area contributed by atoms with Crippen molar-refractivity contribution in [1.82, 2.24) is 19.4 Å². The fourth-order valence-electron chi connectivity index (χ4n) is 4.34. The summed E-state index contributed by atoms with van der Waals surface area (Å²) < 4.78 is 28.5. The Labute approximate surface area is 214 Å². The van der Waals surface area contributed by atoms with Gasteiger partial charge in [-0.2, -0.15) is 21.2 Å². The molecular weight excluding hydrogens is 498 g/mol. The lowest BCUT2D eigenvalue weighted by Crippen LogP contribution is -2.29. The molecule has 3 heterocycles. The van der Waals surface area contributed by atoms with E-state index >= 15 is 0 Å². The maximum atomic E-state index is 13.1. The van der Waals surface area contributed by atoms with Crippen molar-refractivity contribution in [2.45, 2.75) is 42.3 Å². The Morgan fingerprint density at radius 3 is 2.42 bits per heavy atom. The summed E-state index contributed by atoms with van der Waals surface area (Å²) in [5.74, 6) is 1.33. The minimum atomic E-state index is -3.54. The zero-order valence-corrected chi connectivity index (χ0v) is 21.3. The van der Waals surface area contributed by atoms with Gasteiger partial charge in [-0.15, -0.1) is 0 Å². The molecule has 1 fully saturated rings. The third-order valence-electron chi connectivity index (χ3n) is 6.30. The highest BCUT2D eigenvalue weighted by molar-refractivity contribution is 7.98. The molecule has 36 heavy (non-hydrogen) atoms. The second-order valence-corrected chi connectivity index (χ2v) is 11.7. The molecule has 3 aromatic rings. The van der Waals surface area contributed by atoms with Gasteiger partial charge in [0.25, 0.3) is 5.91 Å². The highest BCUT2D eigenvalue weighted by Crippen LogP contribution is 2.35. The molecule has 0 radical (unpaired) electrons. The van der Waals surface area contributed by atoms with E-state index in [1.54, 1.807) is 11.8 Å². The number of nitrogens with one attached hydrogen (secondary N) is 2. The molecule has 0 atom stereocenters. The molecule has 2 aliphatic heterocycles. The average Bonchev–Trinajstić information content (AvgIpc) is 3.64. The normalized spacial score (nSPS) is 15.6. The molecular formula is C25H27N5O4S2. The number of hydrogen-bond donors (Lipinski definition) is 2. The van der Waals surface area contributed by atoms with Crippen LogP contribution >= 0.6 is 11.8 Å². The minimum absolute atomic E-state index is 0.0207. The number of thioether (sulfide) groups is 1. The molecule has 1 saturated heterocycles. The molecule has 9 nitrogen and oxygen atoms in total. The minimum Gasteiger partial charge on any atom is -0.350 e. The van der Waals surface area contributed by atoms with Gasteiger partial charge in [-0.3, -0.25) is 9.59 Å². The summed E-state index contributed by atoms with van der Waals surface area (Å²) in [7, 11) is -3.54. The number of sulfonamides is 1. The van der Waals surface area contributed by atoms with Gasteiger partial charge in [0.2, 0.25) is 15.9 Å². The lowest BCUT2D eigenvalue weighted by Gasteiger charge is -2.15. The van der Waals surface area contributed by atoms with Crippen LogP contribution in [0.4, 0.5) is 5.82 Å². The first-order valence-corrected chi connectivity index (χ1v) is 14.4. The van der Waals surface area contributed by atoms with Crippen LogP contribution in [0.1, 0.15) is 40.0 Å². The third-order valence-corrected chi connectivity index (χ3v) is 9.18. The zero-order valence-electron chi connectivity index (χ0n) is 19.6. The van der Waals surface area contributed by atoms with Crippen molar-refractivity contribution in [2.75, 3.05) is 18.4 Å². The Bertz CT molecular complexity index is 1370. The fraction of sp³-hybridized carbons (Fsp3) is 0.320. The molecule has 0 aliphatic carbocycles. The SMILES string of the molecule is O=C(Cn1nc2c(c1NC(=O)c1ccc(S(=O)(=O)N3CCCC3)cc1)CSC2)NCc1ccccc1. The number of carbonyl (C=O) groups is 2. The monoisotopic (exact) mass is 525 g/mol. The van der Waals surface area contributed by atoms with Gasteiger partial charge in [0.15, 0.2) is 0 Å². The van der Waals surface area contributed by atoms with E-state index in [1.165, 1.54) is 33.3 Å². The van der Waals surface area contributed by atoms with Crippen molar-refractivity contribution >= 4 is 39.4 Å². The smallest absolute Gasteiger partial charge is 0.256 e. The van der Waals surface area contributed by atoms with Crippen LogP contribution in [0.5, 0.6) is 0 Å². The number of benzene rings is 2. The van der Waals surface area contributed by atoms with Gasteiger partial charge in [0, 0.05) is 42.3 Å². The summed E-state index contributed by atoms with van der Waals surface area (Å²) in [6, 6.07) is 15.6. The third kappa shape index (κ3) is 5.18. The highest BCUT2D eigenvalue weighted by atomic mass is 32.2. The summed E-state index contributed by atoms with van der Waals surface area (Å²) >= 11 is 1.70. The highest BCUT2D eigenvalue weighted by Gasteiger charge is 2.28. The van der Waals surface area contributed by atoms with Crippen LogP contribution < -0.4 is 10.6 Å². The number of fused-ring (bicyclic) bond motifs is 1. The van der Waals surface area contributed by atoms with Gasteiger partial charge in [-0.1, -0.05) is 30.3 Å². The van der Waals surface area contributed by atoms with Gasteiger partial charge in [0.05, 0.1) is 10.6 Å². The van der Waals surface area contributed by atoms with Crippen LogP contribution in [0.2, 0.25) is 0 Å². The van der Waals surface area contributed by atoms with E-state index in [1.807, 2.05) is 30.3 Å². The first kappa shape index (κ1) is 24.5. The molecule has 2 N–H and O–H groups in total. The fourth-order valence-corrected chi connectivity index (χ4v) is 6.90. The molecule has 2 aliphatic rings. The van der Waals surface area contributed by atoms with Gasteiger partial charge >= 0.3 is 0 Å². The van der Waals surface area contributed by atoms with E-state index in [2.05, 4.69) is 15.7 Å². The zero-order chi connectivity index (χ0) is 25.1. The first-order valence-electron chi connectivity index (χ1n) is 11.8. The number of amides is 2. The van der Waals surface area contributed by atoms with Gasteiger partial charge < -0.3 is 10.6 Å². The first-order chi connectivity index (χ1) is 17.4. The van der Waals surface area contributed by atoms with Crippen molar-refractivity contribution < 1.29 is 18.0 Å². The second-order valence-electron chi connectivity index (χ2n) is 8.78. The van der Waals surface area contributed by atoms with E-state index in [-0.39, 0.29) is 23.3 Å². The lowest BCUT2D eigenvalue weighted by atomic mass is 10.2. The molecule has 11 heteroatoms. The second kappa shape index (κ2) is 10.5. The molecule has 2 amide bonds. The largest absolute Gasteiger partial charge is 0.350 e. The van der Waals surface area contributed by atoms with Crippen LogP contribution in [0.3, 0.4) is 0 Å². The Morgan fingerprint density at radius 1 is 0.972 bits per heavy atom. The maximum absolute atomic E-state index is 13.1. The van der Waals surface area contributed by atoms with Gasteiger partial charge in [-0.05, 0) is 42.7 Å². The van der Waals surface area contributed by atoms with Crippen LogP contribution in [-0.4, -0.2) is 47.4 Å². The number of rotatable bonds is 8. The summed E-state index contributed by atoms with van der Waals surface area (Å²) in [5.41, 5.74) is 3.10. The Balaban J connectivity index is 1.29. The molecule has 1 aromatic heterocycles. The van der Waals surface area contributed by atoms with E-state index < -0.39 is 10.0 Å². The number of aromatic nitrogens is 2. The van der Waals surface area contributed by atoms with E-state index in [0.717, 1.165) is 35.4 Å². The molecule has 2 aromatic carbocycles. The van der Waals surface area contributed by atoms with E-state index in [0.29, 0.717) is 36.8 Å². The topological polar surface area (TPSA) is 113 Å². The van der Waals surface area contributed by atoms with E-state index in [9.17, 15) is 18.0 Å². The predicted molar refractivity (Wildman–Crippen MR) is 138 cm³/mol. The Kier molecular flexibility index (Phi) is 7.13. The molecule has 0 unspecified atom stereocenters. The van der Waals surface area contributed by atoms with Crippen LogP contribution in [0.15, 0.2) is 59.5 Å². The van der Waals surface area contributed by atoms with Crippen molar-refractivity contribution in [3.05, 3.63) is 77.0 Å². The number of hydrogen-bond acceptors (Lipinski definition) is 6. The molecule has 0 spiro atoms. The molecule has 0 saturated carbocycles. The summed E-state index contributed by atoms with van der Waals surface area (Å²) in [6.07, 6.45) is 1.72. The number of carbonyl (C=O) groups excluding carboxylic acids is 2. The van der Waals surface area contributed by atoms with Gasteiger partial charge in [0.1, 0.15) is 12.4 Å². The molecule has 0 bridgehead atoms. The predicted octanol–water partition coefficient (Wildman–Crippen LogP) is 2.98. The van der Waals surface area contributed by atoms with Crippen molar-refractivity contribution in [3.63, 3.8) is 0 Å². The van der Waals surface area contributed by atoms with Crippen molar-refractivity contribution in [1.29, 1.82) is 0 Å². The average molecular weight is 526 g/mol. The number of nitrogens with zero attached hydrogens (tertiary/aromatic N) is 3. The lowest BCUT2D eigenvalue weighted by molar-refractivity contribution is -0.122. The Morgan fingerprint density at radius 2 is 1.69 bits per heavy atom. The van der Waals surface area contributed by atoms with Crippen molar-refractivity contribution in [3.8, 4) is 0 Å². The van der Waals surface area contributed by atoms with Gasteiger partial charge in [-0.25, -0.2) is 13.1 Å². The quantitative estimate of drug-likeness (QED) is 0.468. The standard InChI is InChI=1S/C25H27N5O4S2/c31-23(26-14-18-6-2-1-3-7-18)15-30-24(21-16-35-17-22(21)28-30)27-25(32)19-8-10-20(11-9-19)36(33,34)29-12-4-5-13-29/h1-3,6-11H,4-5,12-17H2,(H,26,31)(H,27,32). The van der Waals surface area contributed by atoms with Crippen molar-refractivity contribution in [2.24, 2.45) is 0 Å². The van der Waals surface area contributed by atoms with Crippen LogP contribution in [0.25, 0.3) is 0 Å². The molecule has 5 rings (SSSR count). The summed E-state index contributed by atoms with van der Waals surface area (Å²) in [4.78, 5) is 25.8. The number of anilines is 1. The maximum Gasteiger partial charge on any atom is 0.256 e. The van der Waals surface area contributed by atoms with Crippen LogP contribution in [0, 0.1) is 0 Å². The van der Waals surface area contributed by atoms with E-state index in [4.69, 9.17) is 0 Å². The summed E-state index contributed by atoms with van der Waals surface area (Å²) in [6.45, 7) is 1.44. The Hall–Kier alpha value is -3.15.